The molecule has 0 bridgehead atoms. The number of carbonyl (C=O) groups excluding carboxylic acids is 1. The van der Waals surface area contributed by atoms with Gasteiger partial charge in [-0.3, -0.25) is 4.79 Å². The molecule has 0 aliphatic carbocycles. The van der Waals surface area contributed by atoms with Crippen molar-refractivity contribution in [2.75, 3.05) is 0 Å². The summed E-state index contributed by atoms with van der Waals surface area (Å²) in [5.74, 6) is -0.300. The van der Waals surface area contributed by atoms with Gasteiger partial charge in [0, 0.05) is 11.8 Å². The van der Waals surface area contributed by atoms with Crippen molar-refractivity contribution in [3.8, 4) is 0 Å². The Morgan fingerprint density at radius 1 is 1.62 bits per heavy atom. The summed E-state index contributed by atoms with van der Waals surface area (Å²) < 4.78 is 4.80. The Morgan fingerprint density at radius 3 is 2.85 bits per heavy atom. The van der Waals surface area contributed by atoms with Gasteiger partial charge in [0.15, 0.2) is 0 Å². The Bertz CT molecular complexity index is 325. The monoisotopic (exact) mass is 216 g/mol. The molecule has 0 fully saturated rings. The molecule has 13 heavy (non-hydrogen) atoms. The van der Waals surface area contributed by atoms with Gasteiger partial charge >= 0.3 is 5.97 Å². The summed E-state index contributed by atoms with van der Waals surface area (Å²) in [5, 5.41) is 0.563. The van der Waals surface area contributed by atoms with E-state index in [0.717, 1.165) is 5.56 Å². The highest BCUT2D eigenvalue weighted by atomic mass is 35.5. The zero-order valence-electron chi connectivity index (χ0n) is 7.08. The fourth-order valence-corrected chi connectivity index (χ4v) is 1.17. The third kappa shape index (κ3) is 3.28. The van der Waals surface area contributed by atoms with Gasteiger partial charge < -0.3 is 4.74 Å². The molecule has 0 atom stereocenters. The van der Waals surface area contributed by atoms with Gasteiger partial charge in [-0.05, 0) is 17.7 Å². The van der Waals surface area contributed by atoms with Crippen molar-refractivity contribution in [3.05, 3.63) is 28.8 Å². The Kier molecular flexibility index (Phi) is 3.63. The molecule has 4 heteroatoms. The lowest BCUT2D eigenvalue weighted by atomic mass is 10.2. The van der Waals surface area contributed by atoms with Crippen LogP contribution < -0.4 is 0 Å². The molecule has 1 aromatic carbocycles. The summed E-state index contributed by atoms with van der Waals surface area (Å²) in [4.78, 5) is 11.2. The smallest absolute Gasteiger partial charge is 0.302 e. The summed E-state index contributed by atoms with van der Waals surface area (Å²) in [6.45, 7) is 1.62. The van der Waals surface area contributed by atoms with Crippen LogP contribution in [0, 0.1) is 0 Å². The molecule has 0 aromatic heterocycles. The number of carbonyl (C=O) groups is 1. The van der Waals surface area contributed by atoms with E-state index in [9.17, 15) is 4.79 Å². The molecular formula is C9H9ClO2S. The van der Waals surface area contributed by atoms with Crippen molar-refractivity contribution in [2.45, 2.75) is 18.4 Å². The van der Waals surface area contributed by atoms with Gasteiger partial charge in [0.2, 0.25) is 0 Å². The zero-order chi connectivity index (χ0) is 9.84. The second kappa shape index (κ2) is 4.53. The number of rotatable bonds is 2. The molecule has 0 saturated heterocycles. The predicted octanol–water partition coefficient (Wildman–Crippen LogP) is 2.69. The van der Waals surface area contributed by atoms with E-state index in [1.807, 2.05) is 6.07 Å². The summed E-state index contributed by atoms with van der Waals surface area (Å²) in [7, 11) is 0. The molecule has 0 N–H and O–H groups in total. The number of esters is 1. The molecule has 0 aliphatic rings. The minimum atomic E-state index is -0.300. The van der Waals surface area contributed by atoms with Crippen LogP contribution >= 0.6 is 24.2 Å². The highest BCUT2D eigenvalue weighted by Crippen LogP contribution is 2.21. The van der Waals surface area contributed by atoms with E-state index in [-0.39, 0.29) is 12.6 Å². The quantitative estimate of drug-likeness (QED) is 0.608. The first-order chi connectivity index (χ1) is 6.09. The molecule has 0 saturated carbocycles. The Morgan fingerprint density at radius 2 is 2.31 bits per heavy atom. The van der Waals surface area contributed by atoms with Crippen molar-refractivity contribution in [1.29, 1.82) is 0 Å². The molecule has 1 aromatic rings. The van der Waals surface area contributed by atoms with Crippen LogP contribution in [-0.2, 0) is 16.1 Å². The van der Waals surface area contributed by atoms with Crippen LogP contribution in [-0.4, -0.2) is 5.97 Å². The van der Waals surface area contributed by atoms with Gasteiger partial charge in [-0.1, -0.05) is 17.7 Å². The highest BCUT2D eigenvalue weighted by Gasteiger charge is 1.99. The van der Waals surface area contributed by atoms with Crippen LogP contribution in [0.15, 0.2) is 23.1 Å². The minimum Gasteiger partial charge on any atom is -0.461 e. The molecule has 0 unspecified atom stereocenters. The van der Waals surface area contributed by atoms with E-state index in [4.69, 9.17) is 16.3 Å². The number of benzene rings is 1. The molecule has 0 heterocycles. The third-order valence-electron chi connectivity index (χ3n) is 1.45. The first kappa shape index (κ1) is 10.4. The Labute approximate surface area is 87.3 Å². The van der Waals surface area contributed by atoms with Crippen LogP contribution in [0.25, 0.3) is 0 Å². The first-order valence-corrected chi connectivity index (χ1v) is 4.53. The van der Waals surface area contributed by atoms with E-state index in [0.29, 0.717) is 9.92 Å². The van der Waals surface area contributed by atoms with Crippen molar-refractivity contribution in [2.24, 2.45) is 0 Å². The SMILES string of the molecule is CC(=O)OCc1ccc(S)c(Cl)c1. The number of hydrogen-bond donors (Lipinski definition) is 1. The number of thiol groups is 1. The van der Waals surface area contributed by atoms with Crippen molar-refractivity contribution in [1.82, 2.24) is 0 Å². The zero-order valence-corrected chi connectivity index (χ0v) is 8.73. The molecule has 0 spiro atoms. The average molecular weight is 217 g/mol. The van der Waals surface area contributed by atoms with Gasteiger partial charge in [-0.2, -0.15) is 0 Å². The summed E-state index contributed by atoms with van der Waals surface area (Å²) in [6, 6.07) is 5.31. The topological polar surface area (TPSA) is 26.3 Å². The van der Waals surface area contributed by atoms with Gasteiger partial charge in [-0.15, -0.1) is 12.6 Å². The van der Waals surface area contributed by atoms with E-state index < -0.39 is 0 Å². The third-order valence-corrected chi connectivity index (χ3v) is 2.29. The average Bonchev–Trinajstić information content (AvgIpc) is 2.07. The molecule has 70 valence electrons. The van der Waals surface area contributed by atoms with Crippen molar-refractivity contribution >= 4 is 30.2 Å². The van der Waals surface area contributed by atoms with Crippen LogP contribution in [0.1, 0.15) is 12.5 Å². The second-order valence-corrected chi connectivity index (χ2v) is 3.46. The Balaban J connectivity index is 2.68. The molecule has 0 aliphatic heterocycles. The van der Waals surface area contributed by atoms with E-state index in [1.54, 1.807) is 12.1 Å². The number of ether oxygens (including phenoxy) is 1. The second-order valence-electron chi connectivity index (χ2n) is 2.57. The molecule has 1 rings (SSSR count). The molecule has 0 radical (unpaired) electrons. The van der Waals surface area contributed by atoms with Gasteiger partial charge in [-0.25, -0.2) is 0 Å². The van der Waals surface area contributed by atoms with Gasteiger partial charge in [0.05, 0.1) is 5.02 Å². The first-order valence-electron chi connectivity index (χ1n) is 3.70. The van der Waals surface area contributed by atoms with Crippen molar-refractivity contribution < 1.29 is 9.53 Å². The van der Waals surface area contributed by atoms with Crippen LogP contribution in [0.2, 0.25) is 5.02 Å². The van der Waals surface area contributed by atoms with Crippen molar-refractivity contribution in [3.63, 3.8) is 0 Å². The predicted molar refractivity (Wildman–Crippen MR) is 54.2 cm³/mol. The van der Waals surface area contributed by atoms with Crippen LogP contribution in [0.5, 0.6) is 0 Å². The van der Waals surface area contributed by atoms with Gasteiger partial charge in [0.25, 0.3) is 0 Å². The van der Waals surface area contributed by atoms with E-state index in [1.165, 1.54) is 6.92 Å². The van der Waals surface area contributed by atoms with Crippen LogP contribution in [0.4, 0.5) is 0 Å². The normalized spacial score (nSPS) is 9.77. The lowest BCUT2D eigenvalue weighted by molar-refractivity contribution is -0.142. The fraction of sp³-hybridized carbons (Fsp3) is 0.222. The largest absolute Gasteiger partial charge is 0.461 e. The molecular weight excluding hydrogens is 208 g/mol. The summed E-state index contributed by atoms with van der Waals surface area (Å²) in [6.07, 6.45) is 0. The standard InChI is InChI=1S/C9H9ClO2S/c1-6(11)12-5-7-2-3-9(13)8(10)4-7/h2-4,13H,5H2,1H3. The molecule has 2 nitrogen and oxygen atoms in total. The lowest BCUT2D eigenvalue weighted by Gasteiger charge is -2.03. The summed E-state index contributed by atoms with van der Waals surface area (Å²) >= 11 is 9.93. The number of hydrogen-bond acceptors (Lipinski definition) is 3. The van der Waals surface area contributed by atoms with Crippen LogP contribution in [0.3, 0.4) is 0 Å². The maximum atomic E-state index is 10.5. The Hall–Kier alpha value is -0.670. The van der Waals surface area contributed by atoms with E-state index in [2.05, 4.69) is 12.6 Å². The maximum Gasteiger partial charge on any atom is 0.302 e. The lowest BCUT2D eigenvalue weighted by Crippen LogP contribution is -1.98. The number of halogens is 1. The highest BCUT2D eigenvalue weighted by molar-refractivity contribution is 7.80. The van der Waals surface area contributed by atoms with Gasteiger partial charge in [0.1, 0.15) is 6.61 Å². The molecule has 0 amide bonds. The minimum absolute atomic E-state index is 0.253. The summed E-state index contributed by atoms with van der Waals surface area (Å²) in [5.41, 5.74) is 0.859. The van der Waals surface area contributed by atoms with E-state index >= 15 is 0 Å². The maximum absolute atomic E-state index is 10.5. The fourth-order valence-electron chi connectivity index (χ4n) is 0.825.